The maximum absolute atomic E-state index is 11.8. The summed E-state index contributed by atoms with van der Waals surface area (Å²) in [4.78, 5) is 20.6. The summed E-state index contributed by atoms with van der Waals surface area (Å²) < 4.78 is 5.29. The zero-order valence-corrected chi connectivity index (χ0v) is 13.8. The number of anilines is 1. The Morgan fingerprint density at radius 1 is 1.35 bits per heavy atom. The van der Waals surface area contributed by atoms with Gasteiger partial charge in [0, 0.05) is 19.0 Å². The van der Waals surface area contributed by atoms with Gasteiger partial charge in [0.15, 0.2) is 0 Å². The predicted molar refractivity (Wildman–Crippen MR) is 82.3 cm³/mol. The summed E-state index contributed by atoms with van der Waals surface area (Å²) in [6.45, 7) is 9.54. The van der Waals surface area contributed by atoms with Gasteiger partial charge in [0.05, 0.1) is 5.75 Å². The second kappa shape index (κ2) is 6.92. The Morgan fingerprint density at radius 3 is 2.50 bits per heavy atom. The third kappa shape index (κ3) is 5.00. The van der Waals surface area contributed by atoms with Gasteiger partial charge in [-0.05, 0) is 27.7 Å². The molecule has 0 aliphatic rings. The molecule has 112 valence electrons. The van der Waals surface area contributed by atoms with Crippen molar-refractivity contribution in [2.45, 2.75) is 51.7 Å². The number of hydrogen-bond donors (Lipinski definition) is 1. The van der Waals surface area contributed by atoms with Crippen molar-refractivity contribution in [2.75, 3.05) is 18.1 Å². The molecule has 0 aromatic carbocycles. The van der Waals surface area contributed by atoms with Crippen LogP contribution in [-0.2, 0) is 16.0 Å². The van der Waals surface area contributed by atoms with Gasteiger partial charge in [-0.1, -0.05) is 18.7 Å². The molecule has 0 saturated carbocycles. The largest absolute Gasteiger partial charge is 0.459 e. The van der Waals surface area contributed by atoms with Crippen molar-refractivity contribution >= 4 is 23.5 Å². The molecule has 0 fully saturated rings. The average Bonchev–Trinajstić information content (AvgIpc) is 2.35. The highest BCUT2D eigenvalue weighted by molar-refractivity contribution is 7.99. The van der Waals surface area contributed by atoms with Crippen molar-refractivity contribution in [3.05, 3.63) is 11.4 Å². The van der Waals surface area contributed by atoms with Gasteiger partial charge in [0.25, 0.3) is 0 Å². The van der Waals surface area contributed by atoms with Gasteiger partial charge in [-0.15, -0.1) is 0 Å². The maximum Gasteiger partial charge on any atom is 0.316 e. The lowest BCUT2D eigenvalue weighted by atomic mass is 10.2. The second-order valence-corrected chi connectivity index (χ2v) is 6.36. The Balaban J connectivity index is 2.79. The number of aromatic nitrogens is 2. The highest BCUT2D eigenvalue weighted by Gasteiger charge is 2.18. The van der Waals surface area contributed by atoms with Crippen LogP contribution in [0.25, 0.3) is 0 Å². The number of thioether (sulfide) groups is 1. The van der Waals surface area contributed by atoms with E-state index in [2.05, 4.69) is 15.3 Å². The highest BCUT2D eigenvalue weighted by Crippen LogP contribution is 2.25. The summed E-state index contributed by atoms with van der Waals surface area (Å²) in [5, 5.41) is 3.88. The lowest BCUT2D eigenvalue weighted by Crippen LogP contribution is -2.25. The van der Waals surface area contributed by atoms with Crippen molar-refractivity contribution in [2.24, 2.45) is 0 Å². The van der Waals surface area contributed by atoms with Crippen LogP contribution in [0.2, 0.25) is 0 Å². The van der Waals surface area contributed by atoms with Crippen LogP contribution >= 0.6 is 11.8 Å². The molecule has 1 rings (SSSR count). The number of nitrogens with zero attached hydrogens (tertiary/aromatic N) is 2. The molecule has 1 aromatic rings. The van der Waals surface area contributed by atoms with Crippen molar-refractivity contribution in [1.29, 1.82) is 0 Å². The van der Waals surface area contributed by atoms with E-state index < -0.39 is 5.60 Å². The van der Waals surface area contributed by atoms with E-state index in [4.69, 9.17) is 4.74 Å². The number of aryl methyl sites for hydroxylation is 1. The molecule has 0 aliphatic carbocycles. The minimum Gasteiger partial charge on any atom is -0.459 e. The first kappa shape index (κ1) is 16.8. The van der Waals surface area contributed by atoms with Gasteiger partial charge in [0.2, 0.25) is 0 Å². The Morgan fingerprint density at radius 2 is 2.00 bits per heavy atom. The van der Waals surface area contributed by atoms with Crippen molar-refractivity contribution in [3.8, 4) is 0 Å². The summed E-state index contributed by atoms with van der Waals surface area (Å²) in [5.74, 6) is 1.60. The minimum atomic E-state index is -0.455. The number of nitrogens with one attached hydrogen (secondary N) is 1. The van der Waals surface area contributed by atoms with Gasteiger partial charge >= 0.3 is 5.97 Å². The summed E-state index contributed by atoms with van der Waals surface area (Å²) >= 11 is 1.39. The number of carbonyl (C=O) groups excluding carboxylic acids is 1. The molecule has 0 bridgehead atoms. The van der Waals surface area contributed by atoms with Crippen LogP contribution in [0.15, 0.2) is 5.03 Å². The average molecular weight is 297 g/mol. The lowest BCUT2D eigenvalue weighted by Gasteiger charge is -2.19. The third-order valence-electron chi connectivity index (χ3n) is 2.45. The van der Waals surface area contributed by atoms with Crippen LogP contribution in [0.4, 0.5) is 5.82 Å². The molecular formula is C14H23N3O2S. The number of esters is 1. The quantitative estimate of drug-likeness (QED) is 0.512. The molecule has 5 nitrogen and oxygen atoms in total. The van der Waals surface area contributed by atoms with E-state index >= 15 is 0 Å². The molecule has 1 aromatic heterocycles. The molecule has 0 spiro atoms. The Hall–Kier alpha value is -1.30. The zero-order chi connectivity index (χ0) is 15.3. The molecule has 0 aliphatic heterocycles. The van der Waals surface area contributed by atoms with Crippen LogP contribution in [0.1, 0.15) is 39.1 Å². The third-order valence-corrected chi connectivity index (χ3v) is 3.50. The van der Waals surface area contributed by atoms with Gasteiger partial charge in [-0.25, -0.2) is 9.97 Å². The monoisotopic (exact) mass is 297 g/mol. The van der Waals surface area contributed by atoms with E-state index in [1.165, 1.54) is 11.8 Å². The van der Waals surface area contributed by atoms with Crippen LogP contribution in [0.3, 0.4) is 0 Å². The Labute approximate surface area is 124 Å². The van der Waals surface area contributed by atoms with Gasteiger partial charge in [-0.2, -0.15) is 0 Å². The van der Waals surface area contributed by atoms with Crippen molar-refractivity contribution < 1.29 is 9.53 Å². The molecule has 1 heterocycles. The van der Waals surface area contributed by atoms with Crippen molar-refractivity contribution in [3.63, 3.8) is 0 Å². The first-order chi connectivity index (χ1) is 9.26. The summed E-state index contributed by atoms with van der Waals surface area (Å²) in [6.07, 6.45) is 0.759. The second-order valence-electron chi connectivity index (χ2n) is 5.40. The van der Waals surface area contributed by atoms with E-state index in [-0.39, 0.29) is 11.7 Å². The molecule has 20 heavy (non-hydrogen) atoms. The molecule has 0 atom stereocenters. The first-order valence-electron chi connectivity index (χ1n) is 6.66. The van der Waals surface area contributed by atoms with Gasteiger partial charge in [-0.3, -0.25) is 4.79 Å². The zero-order valence-electron chi connectivity index (χ0n) is 13.0. The standard InChI is InChI=1S/C14H23N3O2S/c1-7-10-16-12(15-6)9(2)13(17-10)20-8-11(18)19-14(3,4)5/h7-8H2,1-6H3,(H,15,16,17). The molecule has 0 radical (unpaired) electrons. The van der Waals surface area contributed by atoms with Crippen LogP contribution in [-0.4, -0.2) is 34.3 Å². The Bertz CT molecular complexity index is 484. The number of rotatable bonds is 5. The van der Waals surface area contributed by atoms with Crippen LogP contribution in [0, 0.1) is 6.92 Å². The van der Waals surface area contributed by atoms with E-state index in [1.807, 2.05) is 41.7 Å². The summed E-state index contributed by atoms with van der Waals surface area (Å²) in [5.41, 5.74) is 0.501. The van der Waals surface area contributed by atoms with Crippen LogP contribution < -0.4 is 5.32 Å². The molecular weight excluding hydrogens is 274 g/mol. The van der Waals surface area contributed by atoms with E-state index in [0.29, 0.717) is 0 Å². The first-order valence-corrected chi connectivity index (χ1v) is 7.65. The molecule has 1 N–H and O–H groups in total. The topological polar surface area (TPSA) is 64.1 Å². The van der Waals surface area contributed by atoms with Gasteiger partial charge in [0.1, 0.15) is 22.3 Å². The summed E-state index contributed by atoms with van der Waals surface area (Å²) in [7, 11) is 1.83. The van der Waals surface area contributed by atoms with Crippen LogP contribution in [0.5, 0.6) is 0 Å². The molecule has 0 unspecified atom stereocenters. The molecule has 6 heteroatoms. The van der Waals surface area contributed by atoms with Crippen molar-refractivity contribution in [1.82, 2.24) is 9.97 Å². The SMILES string of the molecule is CCc1nc(NC)c(C)c(SCC(=O)OC(C)(C)C)n1. The van der Waals surface area contributed by atoms with E-state index in [0.717, 1.165) is 28.7 Å². The predicted octanol–water partition coefficient (Wildman–Crippen LogP) is 2.82. The molecule has 0 saturated heterocycles. The fourth-order valence-electron chi connectivity index (χ4n) is 1.58. The highest BCUT2D eigenvalue weighted by atomic mass is 32.2. The van der Waals surface area contributed by atoms with Gasteiger partial charge < -0.3 is 10.1 Å². The smallest absolute Gasteiger partial charge is 0.316 e. The summed E-state index contributed by atoms with van der Waals surface area (Å²) in [6, 6.07) is 0. The lowest BCUT2D eigenvalue weighted by molar-refractivity contribution is -0.151. The number of carbonyl (C=O) groups is 1. The van der Waals surface area contributed by atoms with E-state index in [1.54, 1.807) is 0 Å². The minimum absolute atomic E-state index is 0.232. The van der Waals surface area contributed by atoms with E-state index in [9.17, 15) is 4.79 Å². The Kier molecular flexibility index (Phi) is 5.80. The maximum atomic E-state index is 11.8. The number of ether oxygens (including phenoxy) is 1. The molecule has 0 amide bonds. The number of hydrogen-bond acceptors (Lipinski definition) is 6. The normalized spacial score (nSPS) is 11.3. The fourth-order valence-corrected chi connectivity index (χ4v) is 2.38. The fraction of sp³-hybridized carbons (Fsp3) is 0.643.